The summed E-state index contributed by atoms with van der Waals surface area (Å²) in [6.45, 7) is 6.95. The van der Waals surface area contributed by atoms with Crippen molar-refractivity contribution in [3.05, 3.63) is 29.8 Å². The first kappa shape index (κ1) is 16.0. The predicted molar refractivity (Wildman–Crippen MR) is 83.9 cm³/mol. The Morgan fingerprint density at radius 3 is 2.58 bits per heavy atom. The van der Waals surface area contributed by atoms with Crippen LogP contribution in [0.4, 0.5) is 5.69 Å². The van der Waals surface area contributed by atoms with Crippen molar-refractivity contribution in [2.45, 2.75) is 52.4 Å². The number of benzene rings is 1. The molecule has 2 heteroatoms. The Morgan fingerprint density at radius 2 is 1.79 bits per heavy atom. The maximum atomic E-state index is 5.63. The average molecular weight is 263 g/mol. The van der Waals surface area contributed by atoms with E-state index in [2.05, 4.69) is 43.4 Å². The highest BCUT2D eigenvalue weighted by molar-refractivity contribution is 5.45. The molecule has 0 radical (unpaired) electrons. The van der Waals surface area contributed by atoms with Crippen LogP contribution in [0, 0.1) is 6.92 Å². The molecule has 0 amide bonds. The molecule has 0 saturated heterocycles. The van der Waals surface area contributed by atoms with Crippen molar-refractivity contribution in [1.29, 1.82) is 0 Å². The standard InChI is InChI=1S/C17H29NO/c1-3-4-5-6-7-8-13-19-14-12-18-17-11-9-10-16(2)15-17/h9-11,15,18H,3-8,12-14H2,1-2H3. The summed E-state index contributed by atoms with van der Waals surface area (Å²) in [4.78, 5) is 0. The Balaban J connectivity index is 1.89. The fraction of sp³-hybridized carbons (Fsp3) is 0.647. The van der Waals surface area contributed by atoms with Gasteiger partial charge in [0.1, 0.15) is 0 Å². The van der Waals surface area contributed by atoms with Crippen molar-refractivity contribution in [3.63, 3.8) is 0 Å². The topological polar surface area (TPSA) is 21.3 Å². The van der Waals surface area contributed by atoms with E-state index in [1.165, 1.54) is 49.8 Å². The van der Waals surface area contributed by atoms with E-state index in [1.54, 1.807) is 0 Å². The van der Waals surface area contributed by atoms with Crippen LogP contribution in [0.2, 0.25) is 0 Å². The van der Waals surface area contributed by atoms with Gasteiger partial charge in [-0.15, -0.1) is 0 Å². The average Bonchev–Trinajstić information content (AvgIpc) is 2.41. The van der Waals surface area contributed by atoms with Gasteiger partial charge in [0, 0.05) is 18.8 Å². The van der Waals surface area contributed by atoms with Crippen LogP contribution in [-0.2, 0) is 4.74 Å². The highest BCUT2D eigenvalue weighted by atomic mass is 16.5. The molecule has 0 fully saturated rings. The number of anilines is 1. The first-order chi connectivity index (χ1) is 9.33. The second kappa shape index (κ2) is 10.9. The van der Waals surface area contributed by atoms with Crippen LogP contribution < -0.4 is 5.32 Å². The SMILES string of the molecule is CCCCCCCCOCCNc1cccc(C)c1. The zero-order chi connectivity index (χ0) is 13.8. The van der Waals surface area contributed by atoms with E-state index in [4.69, 9.17) is 4.74 Å². The van der Waals surface area contributed by atoms with Crippen molar-refractivity contribution in [2.24, 2.45) is 0 Å². The third-order valence-corrected chi connectivity index (χ3v) is 3.24. The molecule has 0 unspecified atom stereocenters. The van der Waals surface area contributed by atoms with Gasteiger partial charge in [-0.25, -0.2) is 0 Å². The van der Waals surface area contributed by atoms with Crippen molar-refractivity contribution < 1.29 is 4.74 Å². The summed E-state index contributed by atoms with van der Waals surface area (Å²) < 4.78 is 5.63. The molecule has 2 nitrogen and oxygen atoms in total. The summed E-state index contributed by atoms with van der Waals surface area (Å²) in [5, 5.41) is 3.38. The van der Waals surface area contributed by atoms with Crippen molar-refractivity contribution in [3.8, 4) is 0 Å². The molecule has 0 bridgehead atoms. The van der Waals surface area contributed by atoms with Gasteiger partial charge < -0.3 is 10.1 Å². The van der Waals surface area contributed by atoms with Crippen LogP contribution in [0.25, 0.3) is 0 Å². The van der Waals surface area contributed by atoms with Crippen LogP contribution in [-0.4, -0.2) is 19.8 Å². The number of ether oxygens (including phenoxy) is 1. The Kier molecular flexibility index (Phi) is 9.17. The molecule has 0 aliphatic rings. The Hall–Kier alpha value is -1.02. The number of hydrogen-bond donors (Lipinski definition) is 1. The molecule has 0 saturated carbocycles. The van der Waals surface area contributed by atoms with Gasteiger partial charge >= 0.3 is 0 Å². The highest BCUT2D eigenvalue weighted by Crippen LogP contribution is 2.09. The Labute approximate surface area is 118 Å². The van der Waals surface area contributed by atoms with Crippen LogP contribution in [0.3, 0.4) is 0 Å². The number of aryl methyl sites for hydroxylation is 1. The molecule has 0 aromatic heterocycles. The van der Waals surface area contributed by atoms with E-state index in [0.717, 1.165) is 19.8 Å². The summed E-state index contributed by atoms with van der Waals surface area (Å²) in [6, 6.07) is 8.45. The lowest BCUT2D eigenvalue weighted by Gasteiger charge is -2.08. The largest absolute Gasteiger partial charge is 0.383 e. The highest BCUT2D eigenvalue weighted by Gasteiger charge is 1.93. The van der Waals surface area contributed by atoms with Crippen molar-refractivity contribution >= 4 is 5.69 Å². The number of nitrogens with one attached hydrogen (secondary N) is 1. The summed E-state index contributed by atoms with van der Waals surface area (Å²) in [6.07, 6.45) is 7.95. The third kappa shape index (κ3) is 8.66. The molecular formula is C17H29NO. The smallest absolute Gasteiger partial charge is 0.0639 e. The first-order valence-electron chi connectivity index (χ1n) is 7.71. The number of rotatable bonds is 11. The number of hydrogen-bond acceptors (Lipinski definition) is 2. The summed E-state index contributed by atoms with van der Waals surface area (Å²) in [5.41, 5.74) is 2.47. The summed E-state index contributed by atoms with van der Waals surface area (Å²) in [7, 11) is 0. The van der Waals surface area contributed by atoms with E-state index in [9.17, 15) is 0 Å². The van der Waals surface area contributed by atoms with Crippen LogP contribution in [0.15, 0.2) is 24.3 Å². The van der Waals surface area contributed by atoms with Gasteiger partial charge in [0.15, 0.2) is 0 Å². The van der Waals surface area contributed by atoms with Crippen molar-refractivity contribution in [1.82, 2.24) is 0 Å². The minimum absolute atomic E-state index is 0.795. The molecule has 1 aromatic rings. The lowest BCUT2D eigenvalue weighted by Crippen LogP contribution is -2.10. The maximum Gasteiger partial charge on any atom is 0.0639 e. The van der Waals surface area contributed by atoms with Gasteiger partial charge in [-0.05, 0) is 31.0 Å². The normalized spacial score (nSPS) is 10.6. The summed E-state index contributed by atoms with van der Waals surface area (Å²) >= 11 is 0. The molecule has 1 N–H and O–H groups in total. The van der Waals surface area contributed by atoms with Crippen LogP contribution in [0.5, 0.6) is 0 Å². The molecular weight excluding hydrogens is 234 g/mol. The zero-order valence-electron chi connectivity index (χ0n) is 12.6. The Bertz CT molecular complexity index is 325. The maximum absolute atomic E-state index is 5.63. The van der Waals surface area contributed by atoms with Gasteiger partial charge in [0.25, 0.3) is 0 Å². The lowest BCUT2D eigenvalue weighted by molar-refractivity contribution is 0.139. The molecule has 1 aromatic carbocycles. The Morgan fingerprint density at radius 1 is 1.00 bits per heavy atom. The third-order valence-electron chi connectivity index (χ3n) is 3.24. The monoisotopic (exact) mass is 263 g/mol. The van der Waals surface area contributed by atoms with Gasteiger partial charge in [-0.1, -0.05) is 51.2 Å². The molecule has 0 spiro atoms. The minimum atomic E-state index is 0.795. The lowest BCUT2D eigenvalue weighted by atomic mass is 10.1. The van der Waals surface area contributed by atoms with E-state index in [1.807, 2.05) is 0 Å². The second-order valence-corrected chi connectivity index (χ2v) is 5.18. The van der Waals surface area contributed by atoms with Gasteiger partial charge in [-0.3, -0.25) is 0 Å². The van der Waals surface area contributed by atoms with Gasteiger partial charge in [0.2, 0.25) is 0 Å². The zero-order valence-corrected chi connectivity index (χ0v) is 12.6. The van der Waals surface area contributed by atoms with Crippen LogP contribution in [0.1, 0.15) is 51.0 Å². The van der Waals surface area contributed by atoms with Gasteiger partial charge in [-0.2, -0.15) is 0 Å². The first-order valence-corrected chi connectivity index (χ1v) is 7.71. The molecule has 1 rings (SSSR count). The second-order valence-electron chi connectivity index (χ2n) is 5.18. The molecule has 0 atom stereocenters. The molecule has 0 aliphatic carbocycles. The minimum Gasteiger partial charge on any atom is -0.383 e. The predicted octanol–water partition coefficient (Wildman–Crippen LogP) is 4.78. The quantitative estimate of drug-likeness (QED) is 0.580. The van der Waals surface area contributed by atoms with E-state index in [-0.39, 0.29) is 0 Å². The van der Waals surface area contributed by atoms with E-state index < -0.39 is 0 Å². The fourth-order valence-corrected chi connectivity index (χ4v) is 2.11. The van der Waals surface area contributed by atoms with Crippen molar-refractivity contribution in [2.75, 3.05) is 25.1 Å². The van der Waals surface area contributed by atoms with E-state index >= 15 is 0 Å². The number of unbranched alkanes of at least 4 members (excludes halogenated alkanes) is 5. The molecule has 0 heterocycles. The molecule has 19 heavy (non-hydrogen) atoms. The molecule has 0 aliphatic heterocycles. The molecule has 108 valence electrons. The van der Waals surface area contributed by atoms with E-state index in [0.29, 0.717) is 0 Å². The fourth-order valence-electron chi connectivity index (χ4n) is 2.11. The van der Waals surface area contributed by atoms with Crippen LogP contribution >= 0.6 is 0 Å². The summed E-state index contributed by atoms with van der Waals surface area (Å²) in [5.74, 6) is 0. The van der Waals surface area contributed by atoms with Gasteiger partial charge in [0.05, 0.1) is 6.61 Å².